The number of aliphatic hydroxyl groups excluding tert-OH is 1. The summed E-state index contributed by atoms with van der Waals surface area (Å²) >= 11 is 0. The van der Waals surface area contributed by atoms with Gasteiger partial charge >= 0.3 is 6.18 Å². The summed E-state index contributed by atoms with van der Waals surface area (Å²) in [5.74, 6) is -1.13. The molecule has 5 atom stereocenters. The third-order valence-electron chi connectivity index (χ3n) is 8.25. The number of carbonyl (C=O) groups is 1. The van der Waals surface area contributed by atoms with Gasteiger partial charge in [0.05, 0.1) is 37.0 Å². The number of benzene rings is 1. The number of morpholine rings is 1. The number of hydrogen-bond donors (Lipinski definition) is 2. The Kier molecular flexibility index (Phi) is 7.10. The van der Waals surface area contributed by atoms with Crippen LogP contribution in [0.2, 0.25) is 0 Å². The first-order valence-electron chi connectivity index (χ1n) is 12.8. The van der Waals surface area contributed by atoms with Crippen molar-refractivity contribution in [3.8, 4) is 0 Å². The smallest absolute Gasteiger partial charge is 0.393 e. The van der Waals surface area contributed by atoms with E-state index in [2.05, 4.69) is 10.3 Å². The molecule has 2 aliphatic heterocycles. The first-order valence-corrected chi connectivity index (χ1v) is 12.8. The number of rotatable bonds is 4. The summed E-state index contributed by atoms with van der Waals surface area (Å²) in [5, 5.41) is 12.6. The van der Waals surface area contributed by atoms with Crippen molar-refractivity contribution < 1.29 is 36.6 Å². The number of nitrogens with one attached hydrogen (secondary N) is 1. The van der Waals surface area contributed by atoms with Crippen LogP contribution >= 0.6 is 0 Å². The van der Waals surface area contributed by atoms with Gasteiger partial charge in [0, 0.05) is 42.7 Å². The Balaban J connectivity index is 1.38. The molecule has 2 fully saturated rings. The standard InChI is InChI=1S/C27H30F5N3O3/c1-15-2-3-19(34-25(37)17-6-18(12-33-11-17)27(30,31)32)9-20(15)16-7-22(28)21-10-26(29,14-36)24-13-38-5-4-35(24)23(21)8-16/h6-8,11-12,15,19-20,24,36H,2-5,9-10,13-14H2,1H3,(H,34,37)/t15?,19?,20?,24?,26-/m1/s1. The molecule has 1 saturated carbocycles. The normalized spacial score (nSPS) is 29.4. The number of carbonyl (C=O) groups excluding carboxylic acids is 1. The molecule has 11 heteroatoms. The molecule has 1 aromatic carbocycles. The molecular formula is C27H30F5N3O3. The highest BCUT2D eigenvalue weighted by molar-refractivity contribution is 5.94. The van der Waals surface area contributed by atoms with E-state index in [1.165, 1.54) is 6.07 Å². The van der Waals surface area contributed by atoms with Crippen molar-refractivity contribution in [2.24, 2.45) is 5.92 Å². The van der Waals surface area contributed by atoms with Gasteiger partial charge in [-0.05, 0) is 54.9 Å². The highest BCUT2D eigenvalue weighted by Gasteiger charge is 2.49. The molecule has 3 aliphatic rings. The molecule has 1 saturated heterocycles. The molecule has 1 aliphatic carbocycles. The molecule has 206 valence electrons. The van der Waals surface area contributed by atoms with Crippen LogP contribution in [0, 0.1) is 11.7 Å². The van der Waals surface area contributed by atoms with Crippen molar-refractivity contribution in [3.63, 3.8) is 0 Å². The Bertz CT molecular complexity index is 1210. The van der Waals surface area contributed by atoms with Gasteiger partial charge in [-0.25, -0.2) is 8.78 Å². The van der Waals surface area contributed by atoms with Crippen molar-refractivity contribution in [1.29, 1.82) is 0 Å². The van der Waals surface area contributed by atoms with E-state index in [4.69, 9.17) is 4.74 Å². The van der Waals surface area contributed by atoms with E-state index in [-0.39, 0.29) is 42.0 Å². The highest BCUT2D eigenvalue weighted by Crippen LogP contribution is 2.45. The number of hydrogen-bond acceptors (Lipinski definition) is 5. The lowest BCUT2D eigenvalue weighted by atomic mass is 9.73. The number of aliphatic hydroxyl groups is 1. The van der Waals surface area contributed by atoms with Crippen LogP contribution in [0.3, 0.4) is 0 Å². The summed E-state index contributed by atoms with van der Waals surface area (Å²) in [4.78, 5) is 18.1. The minimum absolute atomic E-state index is 0.0979. The third-order valence-corrected chi connectivity index (χ3v) is 8.25. The lowest BCUT2D eigenvalue weighted by molar-refractivity contribution is -0.137. The molecule has 5 rings (SSSR count). The number of fused-ring (bicyclic) bond motifs is 3. The molecule has 38 heavy (non-hydrogen) atoms. The molecule has 1 amide bonds. The number of alkyl halides is 4. The SMILES string of the molecule is CC1CCC(NC(=O)c2cncc(C(F)(F)F)c2)CC1c1cc(F)c2c(c1)N1CCOCC1[C@](F)(CO)C2. The third kappa shape index (κ3) is 4.98. The van der Waals surface area contributed by atoms with Crippen LogP contribution in [-0.4, -0.2) is 60.1 Å². The van der Waals surface area contributed by atoms with E-state index < -0.39 is 41.8 Å². The average molecular weight is 540 g/mol. The van der Waals surface area contributed by atoms with Crippen molar-refractivity contribution in [3.05, 3.63) is 58.7 Å². The Morgan fingerprint density at radius 3 is 2.79 bits per heavy atom. The van der Waals surface area contributed by atoms with E-state index in [1.807, 2.05) is 13.0 Å². The summed E-state index contributed by atoms with van der Waals surface area (Å²) in [7, 11) is 0. The molecule has 2 N–H and O–H groups in total. The Morgan fingerprint density at radius 1 is 1.26 bits per heavy atom. The van der Waals surface area contributed by atoms with Gasteiger partial charge in [0.2, 0.25) is 0 Å². The zero-order valence-electron chi connectivity index (χ0n) is 20.9. The Labute approximate surface area is 217 Å². The van der Waals surface area contributed by atoms with Gasteiger partial charge in [0.1, 0.15) is 5.82 Å². The van der Waals surface area contributed by atoms with Crippen LogP contribution in [0.1, 0.15) is 59.2 Å². The van der Waals surface area contributed by atoms with E-state index in [0.717, 1.165) is 24.2 Å². The summed E-state index contributed by atoms with van der Waals surface area (Å²) in [6.45, 7) is 2.14. The van der Waals surface area contributed by atoms with Gasteiger partial charge < -0.3 is 20.1 Å². The minimum atomic E-state index is -4.61. The summed E-state index contributed by atoms with van der Waals surface area (Å²) in [6.07, 6.45) is -1.24. The molecule has 6 nitrogen and oxygen atoms in total. The maximum Gasteiger partial charge on any atom is 0.417 e. The molecule has 4 unspecified atom stereocenters. The first kappa shape index (κ1) is 26.8. The van der Waals surface area contributed by atoms with Crippen molar-refractivity contribution in [1.82, 2.24) is 10.3 Å². The van der Waals surface area contributed by atoms with Crippen LogP contribution in [0.25, 0.3) is 0 Å². The van der Waals surface area contributed by atoms with Gasteiger partial charge in [-0.3, -0.25) is 9.78 Å². The monoisotopic (exact) mass is 539 g/mol. The molecular weight excluding hydrogens is 509 g/mol. The van der Waals surface area contributed by atoms with Gasteiger partial charge in [-0.1, -0.05) is 6.92 Å². The van der Waals surface area contributed by atoms with Crippen LogP contribution < -0.4 is 10.2 Å². The van der Waals surface area contributed by atoms with Gasteiger partial charge in [-0.2, -0.15) is 13.2 Å². The number of pyridine rings is 1. The van der Waals surface area contributed by atoms with Gasteiger partial charge in [0.25, 0.3) is 5.91 Å². The second kappa shape index (κ2) is 10.1. The second-order valence-corrected chi connectivity index (χ2v) is 10.7. The lowest BCUT2D eigenvalue weighted by Crippen LogP contribution is -2.62. The Hall–Kier alpha value is -2.79. The van der Waals surface area contributed by atoms with Crippen LogP contribution in [0.15, 0.2) is 30.6 Å². The van der Waals surface area contributed by atoms with E-state index >= 15 is 8.78 Å². The highest BCUT2D eigenvalue weighted by atomic mass is 19.4. The van der Waals surface area contributed by atoms with E-state index in [9.17, 15) is 23.1 Å². The fourth-order valence-corrected chi connectivity index (χ4v) is 6.09. The van der Waals surface area contributed by atoms with Crippen LogP contribution in [-0.2, 0) is 17.3 Å². The predicted octanol–water partition coefficient (Wildman–Crippen LogP) is 4.40. The first-order chi connectivity index (χ1) is 18.0. The fourth-order valence-electron chi connectivity index (χ4n) is 6.09. The van der Waals surface area contributed by atoms with Crippen molar-refractivity contribution in [2.45, 2.75) is 62.5 Å². The van der Waals surface area contributed by atoms with E-state index in [1.54, 1.807) is 4.90 Å². The molecule has 0 bridgehead atoms. The summed E-state index contributed by atoms with van der Waals surface area (Å²) in [6, 6.07) is 3.04. The fraction of sp³-hybridized carbons (Fsp3) is 0.556. The van der Waals surface area contributed by atoms with E-state index in [0.29, 0.717) is 37.9 Å². The molecule has 1 aromatic heterocycles. The largest absolute Gasteiger partial charge is 0.417 e. The van der Waals surface area contributed by atoms with Gasteiger partial charge in [0.15, 0.2) is 5.67 Å². The number of aromatic nitrogens is 1. The van der Waals surface area contributed by atoms with Crippen molar-refractivity contribution in [2.75, 3.05) is 31.3 Å². The topological polar surface area (TPSA) is 74.7 Å². The predicted molar refractivity (Wildman–Crippen MR) is 129 cm³/mol. The van der Waals surface area contributed by atoms with Gasteiger partial charge in [-0.15, -0.1) is 0 Å². The maximum atomic E-state index is 15.6. The number of anilines is 1. The number of ether oxygens (including phenoxy) is 1. The second-order valence-electron chi connectivity index (χ2n) is 10.7. The van der Waals surface area contributed by atoms with Crippen molar-refractivity contribution >= 4 is 11.6 Å². The number of nitrogens with zero attached hydrogens (tertiary/aromatic N) is 2. The Morgan fingerprint density at radius 2 is 2.05 bits per heavy atom. The van der Waals surface area contributed by atoms with Crippen LogP contribution in [0.4, 0.5) is 27.6 Å². The zero-order chi connectivity index (χ0) is 27.2. The number of halogens is 5. The molecule has 0 radical (unpaired) electrons. The minimum Gasteiger partial charge on any atom is -0.393 e. The zero-order valence-corrected chi connectivity index (χ0v) is 20.9. The average Bonchev–Trinajstić information content (AvgIpc) is 2.90. The summed E-state index contributed by atoms with van der Waals surface area (Å²) in [5.41, 5.74) is -1.62. The maximum absolute atomic E-state index is 15.6. The molecule has 0 spiro atoms. The number of amides is 1. The quantitative estimate of drug-likeness (QED) is 0.564. The summed E-state index contributed by atoms with van der Waals surface area (Å²) < 4.78 is 75.6. The molecule has 3 heterocycles. The lowest BCUT2D eigenvalue weighted by Gasteiger charge is -2.49. The van der Waals surface area contributed by atoms with Crippen LogP contribution in [0.5, 0.6) is 0 Å². The molecule has 2 aromatic rings.